The summed E-state index contributed by atoms with van der Waals surface area (Å²) in [7, 11) is -3.54. The smallest absolute Gasteiger partial charge is 0.245 e. The van der Waals surface area contributed by atoms with E-state index in [9.17, 15) is 18.0 Å². The maximum Gasteiger partial charge on any atom is 0.245 e. The summed E-state index contributed by atoms with van der Waals surface area (Å²) < 4.78 is 26.4. The van der Waals surface area contributed by atoms with Crippen LogP contribution in [0, 0.1) is 0 Å². The summed E-state index contributed by atoms with van der Waals surface area (Å²) in [5, 5.41) is 6.96. The van der Waals surface area contributed by atoms with Gasteiger partial charge in [-0.05, 0) is 47.4 Å². The van der Waals surface area contributed by atoms with Gasteiger partial charge in [-0.15, -0.1) is 0 Å². The zero-order valence-corrected chi connectivity index (χ0v) is 26.4. The number of hydrogen-bond donors (Lipinski definition) is 3. The number of benzene rings is 3. The fourth-order valence-electron chi connectivity index (χ4n) is 5.88. The second-order valence-electron chi connectivity index (χ2n) is 11.2. The molecule has 3 aromatic rings. The van der Waals surface area contributed by atoms with E-state index in [0.29, 0.717) is 56.3 Å². The summed E-state index contributed by atoms with van der Waals surface area (Å²) in [6, 6.07) is 21.5. The van der Waals surface area contributed by atoms with Gasteiger partial charge in [-0.25, -0.2) is 8.42 Å². The Bertz CT molecular complexity index is 1580. The van der Waals surface area contributed by atoms with Crippen LogP contribution in [0.5, 0.6) is 0 Å². The molecular formula is C32H39ClN6O4S. The molecule has 0 unspecified atom stereocenters. The van der Waals surface area contributed by atoms with Gasteiger partial charge in [0, 0.05) is 57.3 Å². The number of para-hydroxylation sites is 2. The van der Waals surface area contributed by atoms with Crippen molar-refractivity contribution in [3.63, 3.8) is 0 Å². The van der Waals surface area contributed by atoms with E-state index in [0.717, 1.165) is 16.8 Å². The third-order valence-electron chi connectivity index (χ3n) is 8.18. The lowest BCUT2D eigenvalue weighted by atomic mass is 9.95. The van der Waals surface area contributed by atoms with Crippen LogP contribution in [-0.4, -0.2) is 82.7 Å². The number of amides is 2. The normalized spacial score (nSPS) is 17.5. The van der Waals surface area contributed by atoms with E-state index in [4.69, 9.17) is 17.3 Å². The zero-order valence-electron chi connectivity index (χ0n) is 24.8. The van der Waals surface area contributed by atoms with Gasteiger partial charge in [-0.1, -0.05) is 60.1 Å². The summed E-state index contributed by atoms with van der Waals surface area (Å²) in [5.74, 6) is -0.363. The van der Waals surface area contributed by atoms with Crippen LogP contribution >= 0.6 is 11.6 Å². The van der Waals surface area contributed by atoms with Gasteiger partial charge in [0.15, 0.2) is 0 Å². The number of piperazine rings is 1. The minimum atomic E-state index is -3.54. The molecule has 0 spiro atoms. The molecule has 12 heteroatoms. The first-order valence-electron chi connectivity index (χ1n) is 14.8. The largest absolute Gasteiger partial charge is 0.366 e. The van der Waals surface area contributed by atoms with Crippen molar-refractivity contribution in [2.24, 2.45) is 5.73 Å². The lowest BCUT2D eigenvalue weighted by Gasteiger charge is -2.39. The highest BCUT2D eigenvalue weighted by atomic mass is 35.5. The Morgan fingerprint density at radius 1 is 1.00 bits per heavy atom. The van der Waals surface area contributed by atoms with Gasteiger partial charge in [0.25, 0.3) is 0 Å². The molecule has 1 fully saturated rings. The van der Waals surface area contributed by atoms with Crippen molar-refractivity contribution in [2.75, 3.05) is 54.7 Å². The molecule has 44 heavy (non-hydrogen) atoms. The molecule has 4 N–H and O–H groups in total. The molecule has 0 aliphatic carbocycles. The lowest BCUT2D eigenvalue weighted by molar-refractivity contribution is -0.137. The Balaban J connectivity index is 1.30. The quantitative estimate of drug-likeness (QED) is 0.311. The van der Waals surface area contributed by atoms with E-state index in [1.807, 2.05) is 42.5 Å². The molecule has 10 nitrogen and oxygen atoms in total. The summed E-state index contributed by atoms with van der Waals surface area (Å²) in [5.41, 5.74) is 10.3. The highest BCUT2D eigenvalue weighted by Crippen LogP contribution is 2.31. The molecule has 2 aliphatic heterocycles. The van der Waals surface area contributed by atoms with Crippen LogP contribution in [-0.2, 0) is 39.0 Å². The van der Waals surface area contributed by atoms with Crippen molar-refractivity contribution in [1.29, 1.82) is 0 Å². The molecule has 2 amide bonds. The molecule has 2 heterocycles. The Morgan fingerprint density at radius 2 is 1.66 bits per heavy atom. The monoisotopic (exact) mass is 638 g/mol. The van der Waals surface area contributed by atoms with E-state index in [1.54, 1.807) is 29.2 Å². The number of anilines is 2. The number of carbonyl (C=O) groups excluding carboxylic acids is 2. The number of nitrogens with two attached hydrogens (primary N) is 1. The van der Waals surface area contributed by atoms with E-state index in [2.05, 4.69) is 21.6 Å². The lowest BCUT2D eigenvalue weighted by Crippen LogP contribution is -2.58. The molecule has 5 rings (SSSR count). The summed E-state index contributed by atoms with van der Waals surface area (Å²) >= 11 is 6.10. The van der Waals surface area contributed by atoms with Crippen molar-refractivity contribution < 1.29 is 18.0 Å². The van der Waals surface area contributed by atoms with E-state index >= 15 is 0 Å². The maximum atomic E-state index is 14.0. The van der Waals surface area contributed by atoms with E-state index in [1.165, 1.54) is 16.1 Å². The first-order chi connectivity index (χ1) is 21.1. The molecule has 2 aliphatic rings. The number of nitrogens with zero attached hydrogens (tertiary/aromatic N) is 3. The van der Waals surface area contributed by atoms with Crippen molar-refractivity contribution in [2.45, 2.75) is 31.5 Å². The van der Waals surface area contributed by atoms with Gasteiger partial charge >= 0.3 is 0 Å². The average Bonchev–Trinajstić information content (AvgIpc) is 3.03. The van der Waals surface area contributed by atoms with Gasteiger partial charge in [0.2, 0.25) is 21.8 Å². The topological polar surface area (TPSA) is 128 Å². The number of fused-ring (bicyclic) bond motifs is 1. The summed E-state index contributed by atoms with van der Waals surface area (Å²) in [6.07, 6.45) is 2.06. The maximum absolute atomic E-state index is 14.0. The van der Waals surface area contributed by atoms with E-state index < -0.39 is 22.1 Å². The predicted molar refractivity (Wildman–Crippen MR) is 174 cm³/mol. The molecule has 234 valence electrons. The number of nitrogens with one attached hydrogen (secondary N) is 2. The Labute approximate surface area is 264 Å². The van der Waals surface area contributed by atoms with Crippen LogP contribution in [0.2, 0.25) is 5.02 Å². The zero-order chi connectivity index (χ0) is 31.3. The summed E-state index contributed by atoms with van der Waals surface area (Å²) in [6.45, 7) is 2.80. The first-order valence-corrected chi connectivity index (χ1v) is 17.0. The van der Waals surface area contributed by atoms with Crippen LogP contribution in [0.1, 0.15) is 16.7 Å². The predicted octanol–water partition coefficient (Wildman–Crippen LogP) is 2.16. The molecule has 0 radical (unpaired) electrons. The van der Waals surface area contributed by atoms with Crippen LogP contribution in [0.15, 0.2) is 72.8 Å². The minimum absolute atomic E-state index is 0.154. The number of carbonyl (C=O) groups is 2. The number of sulfonamides is 1. The number of hydrogen-bond acceptors (Lipinski definition) is 7. The van der Waals surface area contributed by atoms with Gasteiger partial charge in [0.1, 0.15) is 6.04 Å². The highest BCUT2D eigenvalue weighted by molar-refractivity contribution is 7.92. The molecule has 0 saturated carbocycles. The average molecular weight is 639 g/mol. The second-order valence-corrected chi connectivity index (χ2v) is 13.6. The third-order valence-corrected chi connectivity index (χ3v) is 9.61. The number of halogens is 1. The van der Waals surface area contributed by atoms with Crippen molar-refractivity contribution >= 4 is 44.8 Å². The fraction of sp³-hybridized carbons (Fsp3) is 0.375. The van der Waals surface area contributed by atoms with Crippen molar-refractivity contribution in [3.8, 4) is 0 Å². The standard InChI is InChI=1S/C32H39ClN6O4S/c1-44(42,43)39(15-14-34)30-9-5-4-8-29(30)37-16-18-38(19-17-37)32(41)28(20-23-10-12-26(33)13-11-23)36-31(40)27-21-24-6-2-3-7-25(24)22-35-27/h2-13,27-28,35H,14-22,34H2,1H3,(H,36,40)/t27-,28+/m0/s1. The van der Waals surface area contributed by atoms with Crippen molar-refractivity contribution in [3.05, 3.63) is 94.5 Å². The molecular weight excluding hydrogens is 600 g/mol. The van der Waals surface area contributed by atoms with Gasteiger partial charge < -0.3 is 26.2 Å². The molecule has 2 atom stereocenters. The van der Waals surface area contributed by atoms with Crippen molar-refractivity contribution in [1.82, 2.24) is 15.5 Å². The van der Waals surface area contributed by atoms with Crippen LogP contribution in [0.4, 0.5) is 11.4 Å². The highest BCUT2D eigenvalue weighted by Gasteiger charge is 2.33. The van der Waals surface area contributed by atoms with Gasteiger partial charge in [-0.2, -0.15) is 0 Å². The second kappa shape index (κ2) is 14.0. The van der Waals surface area contributed by atoms with E-state index in [-0.39, 0.29) is 24.9 Å². The van der Waals surface area contributed by atoms with Crippen LogP contribution < -0.4 is 25.6 Å². The molecule has 3 aromatic carbocycles. The third kappa shape index (κ3) is 7.52. The Kier molecular flexibility index (Phi) is 10.1. The van der Waals surface area contributed by atoms with Crippen LogP contribution in [0.25, 0.3) is 0 Å². The minimum Gasteiger partial charge on any atom is -0.366 e. The molecule has 1 saturated heterocycles. The van der Waals surface area contributed by atoms with Gasteiger partial charge in [0.05, 0.1) is 23.7 Å². The first kappa shape index (κ1) is 31.8. The summed E-state index contributed by atoms with van der Waals surface area (Å²) in [4.78, 5) is 31.3. The Hall–Kier alpha value is -3.64. The number of rotatable bonds is 10. The molecule has 0 aromatic heterocycles. The van der Waals surface area contributed by atoms with Gasteiger partial charge in [-0.3, -0.25) is 13.9 Å². The Morgan fingerprint density at radius 3 is 2.34 bits per heavy atom. The SMILES string of the molecule is CS(=O)(=O)N(CCN)c1ccccc1N1CCN(C(=O)[C@@H](Cc2ccc(Cl)cc2)NC(=O)[C@@H]2Cc3ccccc3CN2)CC1. The fourth-order valence-corrected chi connectivity index (χ4v) is 6.96. The molecule has 0 bridgehead atoms. The van der Waals surface area contributed by atoms with Crippen LogP contribution in [0.3, 0.4) is 0 Å².